The van der Waals surface area contributed by atoms with Crippen molar-refractivity contribution in [2.45, 2.75) is 15.2 Å². The smallest absolute Gasteiger partial charge is 0.164 e. The molecule has 0 fully saturated rings. The molecule has 7 aromatic carbocycles. The maximum absolute atomic E-state index is 9.46. The number of aromatic nitrogens is 3. The van der Waals surface area contributed by atoms with Gasteiger partial charge in [-0.1, -0.05) is 145 Å². The highest BCUT2D eigenvalue weighted by molar-refractivity contribution is 7.99. The Balaban J connectivity index is 1.24. The third kappa shape index (κ3) is 4.66. The van der Waals surface area contributed by atoms with Crippen molar-refractivity contribution in [3.8, 4) is 62.5 Å². The molecule has 1 aliphatic carbocycles. The summed E-state index contributed by atoms with van der Waals surface area (Å²) in [6.07, 6.45) is 0. The molecule has 1 spiro atoms. The van der Waals surface area contributed by atoms with Crippen molar-refractivity contribution < 1.29 is 0 Å². The molecule has 0 radical (unpaired) electrons. The van der Waals surface area contributed by atoms with Gasteiger partial charge in [-0.3, -0.25) is 0 Å². The number of rotatable bonds is 4. The minimum absolute atomic E-state index is 0.584. The molecule has 0 bridgehead atoms. The van der Waals surface area contributed by atoms with Crippen LogP contribution >= 0.6 is 11.8 Å². The van der Waals surface area contributed by atoms with Gasteiger partial charge in [0.1, 0.15) is 0 Å². The Hall–Kier alpha value is -6.61. The number of benzene rings is 7. The van der Waals surface area contributed by atoms with E-state index >= 15 is 0 Å². The lowest BCUT2D eigenvalue weighted by molar-refractivity contribution is 0.723. The molecule has 52 heavy (non-hydrogen) atoms. The molecule has 1 aliphatic heterocycles. The molecular weight excluding hydrogens is 653 g/mol. The predicted octanol–water partition coefficient (Wildman–Crippen LogP) is 11.2. The number of nitriles is 1. The minimum Gasteiger partial charge on any atom is -0.208 e. The van der Waals surface area contributed by atoms with Crippen molar-refractivity contribution in [1.82, 2.24) is 15.0 Å². The van der Waals surface area contributed by atoms with Crippen molar-refractivity contribution >= 4 is 11.8 Å². The van der Waals surface area contributed by atoms with Gasteiger partial charge in [-0.2, -0.15) is 5.26 Å². The van der Waals surface area contributed by atoms with Gasteiger partial charge in [-0.05, 0) is 80.9 Å². The van der Waals surface area contributed by atoms with Crippen LogP contribution in [0.5, 0.6) is 0 Å². The second-order valence-corrected chi connectivity index (χ2v) is 14.2. The van der Waals surface area contributed by atoms with Gasteiger partial charge in [-0.15, -0.1) is 0 Å². The first-order valence-corrected chi connectivity index (χ1v) is 18.1. The lowest BCUT2D eigenvalue weighted by atomic mass is 9.67. The molecule has 0 saturated carbocycles. The van der Waals surface area contributed by atoms with Crippen molar-refractivity contribution in [3.05, 3.63) is 198 Å². The fourth-order valence-electron chi connectivity index (χ4n) is 7.89. The van der Waals surface area contributed by atoms with Gasteiger partial charge in [0.05, 0.1) is 17.0 Å². The van der Waals surface area contributed by atoms with Gasteiger partial charge in [-0.25, -0.2) is 15.0 Å². The maximum atomic E-state index is 9.46. The summed E-state index contributed by atoms with van der Waals surface area (Å²) in [5.74, 6) is 1.91. The zero-order valence-electron chi connectivity index (χ0n) is 27.9. The van der Waals surface area contributed by atoms with E-state index in [0.717, 1.165) is 27.8 Å². The summed E-state index contributed by atoms with van der Waals surface area (Å²) in [5.41, 5.74) is 12.5. The second-order valence-electron chi connectivity index (χ2n) is 13.1. The Morgan fingerprint density at radius 1 is 0.404 bits per heavy atom. The molecule has 1 unspecified atom stereocenters. The topological polar surface area (TPSA) is 62.5 Å². The summed E-state index contributed by atoms with van der Waals surface area (Å²) in [6, 6.07) is 61.6. The van der Waals surface area contributed by atoms with Crippen molar-refractivity contribution in [1.29, 1.82) is 5.26 Å². The number of hydrogen-bond donors (Lipinski definition) is 0. The summed E-state index contributed by atoms with van der Waals surface area (Å²) >= 11 is 1.82. The largest absolute Gasteiger partial charge is 0.208 e. The Morgan fingerprint density at radius 2 is 0.923 bits per heavy atom. The quantitative estimate of drug-likeness (QED) is 0.185. The summed E-state index contributed by atoms with van der Waals surface area (Å²) in [5, 5.41) is 9.46. The Morgan fingerprint density at radius 3 is 1.62 bits per heavy atom. The molecular formula is C47H28N4S. The highest BCUT2D eigenvalue weighted by Crippen LogP contribution is 2.62. The van der Waals surface area contributed by atoms with Gasteiger partial charge in [0.2, 0.25) is 0 Å². The van der Waals surface area contributed by atoms with Crippen molar-refractivity contribution in [2.75, 3.05) is 0 Å². The van der Waals surface area contributed by atoms with Gasteiger partial charge in [0, 0.05) is 26.5 Å². The van der Waals surface area contributed by atoms with Gasteiger partial charge < -0.3 is 0 Å². The molecule has 1 aromatic heterocycles. The lowest BCUT2D eigenvalue weighted by Crippen LogP contribution is -2.32. The van der Waals surface area contributed by atoms with E-state index in [2.05, 4.69) is 91.0 Å². The average Bonchev–Trinajstić information content (AvgIpc) is 3.51. The fraction of sp³-hybridized carbons (Fsp3) is 0.0213. The first-order chi connectivity index (χ1) is 25.7. The van der Waals surface area contributed by atoms with Crippen LogP contribution in [0.1, 0.15) is 27.8 Å². The third-order valence-corrected chi connectivity index (χ3v) is 11.4. The molecule has 2 heterocycles. The van der Waals surface area contributed by atoms with Crippen LogP contribution in [0.25, 0.3) is 56.4 Å². The zero-order chi connectivity index (χ0) is 34.6. The Kier molecular flexibility index (Phi) is 6.99. The maximum Gasteiger partial charge on any atom is 0.164 e. The molecule has 8 aromatic rings. The Bertz CT molecular complexity index is 2660. The third-order valence-electron chi connectivity index (χ3n) is 10.2. The average molecular weight is 681 g/mol. The number of hydrogen-bond acceptors (Lipinski definition) is 5. The van der Waals surface area contributed by atoms with Crippen LogP contribution in [0, 0.1) is 11.3 Å². The second kappa shape index (κ2) is 12.0. The van der Waals surface area contributed by atoms with Crippen LogP contribution in [0.4, 0.5) is 0 Å². The fourth-order valence-corrected chi connectivity index (χ4v) is 9.07. The lowest BCUT2D eigenvalue weighted by Gasteiger charge is -2.40. The van der Waals surface area contributed by atoms with E-state index in [9.17, 15) is 5.26 Å². The molecule has 5 heteroatoms. The molecule has 1 atom stereocenters. The summed E-state index contributed by atoms with van der Waals surface area (Å²) in [4.78, 5) is 17.6. The molecule has 242 valence electrons. The van der Waals surface area contributed by atoms with Crippen molar-refractivity contribution in [3.63, 3.8) is 0 Å². The van der Waals surface area contributed by atoms with Crippen LogP contribution in [0.3, 0.4) is 0 Å². The van der Waals surface area contributed by atoms with Crippen LogP contribution < -0.4 is 0 Å². The van der Waals surface area contributed by atoms with E-state index in [1.807, 2.05) is 96.7 Å². The number of nitrogens with zero attached hydrogens (tertiary/aromatic N) is 4. The van der Waals surface area contributed by atoms with E-state index in [-0.39, 0.29) is 0 Å². The standard InChI is InChI=1S/C47H28N4S/c48-29-30-19-21-31(22-20-30)34-23-25-37-36-15-7-8-16-38(36)47(40(37)27-34)39-17-9-10-18-42(39)52-43-26-24-35(28-41(43)47)46-50-44(32-11-3-1-4-12-32)49-45(51-46)33-13-5-2-6-14-33/h1-28H. The Labute approximate surface area is 306 Å². The van der Waals surface area contributed by atoms with Crippen LogP contribution in [-0.2, 0) is 5.41 Å². The molecule has 0 saturated heterocycles. The zero-order valence-corrected chi connectivity index (χ0v) is 28.7. The van der Waals surface area contributed by atoms with Crippen LogP contribution in [0.2, 0.25) is 0 Å². The summed E-state index contributed by atoms with van der Waals surface area (Å²) in [6.45, 7) is 0. The molecule has 10 rings (SSSR count). The molecule has 4 nitrogen and oxygen atoms in total. The van der Waals surface area contributed by atoms with E-state index in [1.165, 1.54) is 43.2 Å². The van der Waals surface area contributed by atoms with Gasteiger partial charge >= 0.3 is 0 Å². The van der Waals surface area contributed by atoms with E-state index < -0.39 is 5.41 Å². The van der Waals surface area contributed by atoms with E-state index in [0.29, 0.717) is 23.0 Å². The van der Waals surface area contributed by atoms with E-state index in [4.69, 9.17) is 15.0 Å². The molecule has 0 N–H and O–H groups in total. The SMILES string of the molecule is N#Cc1ccc(-c2ccc3c(c2)C2(c4ccccc4Sc4ccc(-c5nc(-c6ccccc6)nc(-c6ccccc6)n5)cc42)c2ccccc2-3)cc1. The predicted molar refractivity (Wildman–Crippen MR) is 208 cm³/mol. The first-order valence-electron chi connectivity index (χ1n) is 17.2. The van der Waals surface area contributed by atoms with Gasteiger partial charge in [0.15, 0.2) is 17.5 Å². The number of fused-ring (bicyclic) bond motifs is 9. The highest BCUT2D eigenvalue weighted by Gasteiger charge is 2.50. The molecule has 0 amide bonds. The summed E-state index contributed by atoms with van der Waals surface area (Å²) in [7, 11) is 0. The molecule has 2 aliphatic rings. The van der Waals surface area contributed by atoms with Crippen molar-refractivity contribution in [2.24, 2.45) is 0 Å². The van der Waals surface area contributed by atoms with Gasteiger partial charge in [0.25, 0.3) is 0 Å². The first kappa shape index (κ1) is 30.2. The van der Waals surface area contributed by atoms with E-state index in [1.54, 1.807) is 0 Å². The summed E-state index contributed by atoms with van der Waals surface area (Å²) < 4.78 is 0. The van der Waals surface area contributed by atoms with Crippen LogP contribution in [-0.4, -0.2) is 15.0 Å². The minimum atomic E-state index is -0.584. The highest BCUT2D eigenvalue weighted by atomic mass is 32.2. The van der Waals surface area contributed by atoms with Crippen LogP contribution in [0.15, 0.2) is 180 Å². The monoisotopic (exact) mass is 680 g/mol. The normalized spacial score (nSPS) is 14.9.